The Labute approximate surface area is 216 Å². The Morgan fingerprint density at radius 3 is 1.75 bits per heavy atom. The minimum absolute atomic E-state index is 0.120. The van der Waals surface area contributed by atoms with E-state index < -0.39 is 45.8 Å². The number of aliphatic hydroxyl groups is 2. The Balaban J connectivity index is 3.73. The second-order valence-corrected chi connectivity index (χ2v) is 10.6. The third-order valence-electron chi connectivity index (χ3n) is 5.73. The fourth-order valence-electron chi connectivity index (χ4n) is 3.55. The van der Waals surface area contributed by atoms with E-state index in [1.54, 1.807) is 0 Å². The molecular weight excluding hydrogens is 491 g/mol. The zero-order valence-electron chi connectivity index (χ0n) is 22.0. The van der Waals surface area contributed by atoms with E-state index in [0.717, 1.165) is 19.3 Å². The van der Waals surface area contributed by atoms with E-state index in [1.807, 2.05) is 0 Å². The fourth-order valence-corrected chi connectivity index (χ4v) is 4.34. The molecule has 3 atom stereocenters. The Bertz CT molecular complexity index is 575. The minimum Gasteiger partial charge on any atom is -0.462 e. The maximum atomic E-state index is 11.9. The fraction of sp³-hybridized carbons (Fsp3) is 0.920. The van der Waals surface area contributed by atoms with E-state index in [4.69, 9.17) is 19.7 Å². The van der Waals surface area contributed by atoms with Gasteiger partial charge in [-0.05, 0) is 6.42 Å². The molecule has 2 unspecified atom stereocenters. The number of hydrogen-bond donors (Lipinski definition) is 3. The highest BCUT2D eigenvalue weighted by atomic mass is 31.2. The quantitative estimate of drug-likeness (QED) is 0.0573. The first-order chi connectivity index (χ1) is 17.3. The second-order valence-electron chi connectivity index (χ2n) is 9.13. The van der Waals surface area contributed by atoms with Crippen LogP contribution in [0.4, 0.5) is 0 Å². The van der Waals surface area contributed by atoms with Gasteiger partial charge in [-0.3, -0.25) is 18.6 Å². The molecule has 0 aliphatic rings. The Morgan fingerprint density at radius 2 is 1.28 bits per heavy atom. The highest BCUT2D eigenvalue weighted by molar-refractivity contribution is 7.47. The van der Waals surface area contributed by atoms with Gasteiger partial charge in [0.25, 0.3) is 6.47 Å². The zero-order chi connectivity index (χ0) is 26.9. The van der Waals surface area contributed by atoms with Crippen LogP contribution in [0.3, 0.4) is 0 Å². The van der Waals surface area contributed by atoms with E-state index in [2.05, 4.69) is 16.0 Å². The molecule has 214 valence electrons. The lowest BCUT2D eigenvalue weighted by atomic mass is 10.0. The number of carbonyl (C=O) groups excluding carboxylic acids is 2. The Kier molecular flexibility index (Phi) is 23.6. The van der Waals surface area contributed by atoms with Crippen molar-refractivity contribution in [3.63, 3.8) is 0 Å². The molecule has 0 aromatic rings. The standard InChI is InChI=1S/C25H49O10P/c1-2-3-4-5-6-7-8-9-10-11-12-13-14-15-16-17-25(29)32-20-24(33-22-27)21-35-36(30,31)34-19-23(28)18-26/h22-24,26,28H,2-21H2,1H3,(H,30,31)/t23?,24-/m1/s1. The number of esters is 1. The summed E-state index contributed by atoms with van der Waals surface area (Å²) in [5, 5.41) is 17.8. The van der Waals surface area contributed by atoms with Crippen LogP contribution in [0.15, 0.2) is 0 Å². The molecule has 0 saturated heterocycles. The summed E-state index contributed by atoms with van der Waals surface area (Å²) in [4.78, 5) is 32.1. The van der Waals surface area contributed by atoms with Crippen molar-refractivity contribution in [1.82, 2.24) is 0 Å². The minimum atomic E-state index is -4.54. The summed E-state index contributed by atoms with van der Waals surface area (Å²) in [7, 11) is -4.54. The van der Waals surface area contributed by atoms with Gasteiger partial charge in [-0.2, -0.15) is 0 Å². The van der Waals surface area contributed by atoms with Crippen molar-refractivity contribution in [2.75, 3.05) is 26.4 Å². The summed E-state index contributed by atoms with van der Waals surface area (Å²) in [6.07, 6.45) is 16.3. The van der Waals surface area contributed by atoms with Crippen molar-refractivity contribution in [2.24, 2.45) is 0 Å². The third-order valence-corrected chi connectivity index (χ3v) is 6.68. The predicted octanol–water partition coefficient (Wildman–Crippen LogP) is 4.82. The predicted molar refractivity (Wildman–Crippen MR) is 136 cm³/mol. The maximum absolute atomic E-state index is 11.9. The molecule has 0 bridgehead atoms. The molecule has 0 fully saturated rings. The summed E-state index contributed by atoms with van der Waals surface area (Å²) in [5.74, 6) is -0.446. The summed E-state index contributed by atoms with van der Waals surface area (Å²) in [6, 6.07) is 0. The van der Waals surface area contributed by atoms with Gasteiger partial charge >= 0.3 is 13.8 Å². The molecule has 11 heteroatoms. The molecule has 0 aliphatic carbocycles. The van der Waals surface area contributed by atoms with E-state index >= 15 is 0 Å². The van der Waals surface area contributed by atoms with Crippen molar-refractivity contribution in [2.45, 2.75) is 122 Å². The van der Waals surface area contributed by atoms with E-state index in [-0.39, 0.29) is 19.5 Å². The summed E-state index contributed by atoms with van der Waals surface area (Å²) >= 11 is 0. The van der Waals surface area contributed by atoms with Gasteiger partial charge < -0.3 is 24.6 Å². The summed E-state index contributed by atoms with van der Waals surface area (Å²) in [5.41, 5.74) is 0. The van der Waals surface area contributed by atoms with E-state index in [1.165, 1.54) is 70.6 Å². The molecule has 0 aliphatic heterocycles. The first kappa shape index (κ1) is 35.0. The molecule has 3 N–H and O–H groups in total. The first-order valence-electron chi connectivity index (χ1n) is 13.5. The van der Waals surface area contributed by atoms with Crippen LogP contribution in [-0.4, -0.2) is 66.2 Å². The topological polar surface area (TPSA) is 149 Å². The van der Waals surface area contributed by atoms with Crippen LogP contribution in [-0.2, 0) is 32.7 Å². The van der Waals surface area contributed by atoms with Gasteiger partial charge in [0, 0.05) is 6.42 Å². The molecule has 0 saturated carbocycles. The normalized spacial score (nSPS) is 14.7. The lowest BCUT2D eigenvalue weighted by Crippen LogP contribution is -2.27. The zero-order valence-corrected chi connectivity index (χ0v) is 22.9. The lowest BCUT2D eigenvalue weighted by molar-refractivity contribution is -0.153. The van der Waals surface area contributed by atoms with Crippen LogP contribution >= 0.6 is 7.82 Å². The van der Waals surface area contributed by atoms with Crippen LogP contribution < -0.4 is 0 Å². The summed E-state index contributed by atoms with van der Waals surface area (Å²) in [6.45, 7) is 0.233. The van der Waals surface area contributed by atoms with Gasteiger partial charge in [0.1, 0.15) is 12.7 Å². The highest BCUT2D eigenvalue weighted by Gasteiger charge is 2.25. The van der Waals surface area contributed by atoms with Crippen molar-refractivity contribution in [1.29, 1.82) is 0 Å². The van der Waals surface area contributed by atoms with Gasteiger partial charge in [0.15, 0.2) is 6.10 Å². The summed E-state index contributed by atoms with van der Waals surface area (Å²) < 4.78 is 30.7. The van der Waals surface area contributed by atoms with Gasteiger partial charge in [-0.1, -0.05) is 96.8 Å². The smallest absolute Gasteiger partial charge is 0.462 e. The number of carbonyl (C=O) groups is 2. The number of phosphoric acid groups is 1. The van der Waals surface area contributed by atoms with Crippen LogP contribution in [0, 0.1) is 0 Å². The van der Waals surface area contributed by atoms with Gasteiger partial charge in [-0.15, -0.1) is 0 Å². The van der Waals surface area contributed by atoms with Crippen molar-refractivity contribution in [3.05, 3.63) is 0 Å². The maximum Gasteiger partial charge on any atom is 0.472 e. The van der Waals surface area contributed by atoms with Crippen LogP contribution in [0.2, 0.25) is 0 Å². The average Bonchev–Trinajstić information content (AvgIpc) is 2.86. The molecule has 0 aromatic heterocycles. The van der Waals surface area contributed by atoms with E-state index in [9.17, 15) is 19.0 Å². The van der Waals surface area contributed by atoms with Gasteiger partial charge in [-0.25, -0.2) is 4.57 Å². The number of rotatable bonds is 27. The van der Waals surface area contributed by atoms with Crippen LogP contribution in [0.25, 0.3) is 0 Å². The van der Waals surface area contributed by atoms with Crippen molar-refractivity contribution >= 4 is 20.3 Å². The molecule has 0 amide bonds. The molecule has 0 heterocycles. The molecule has 10 nitrogen and oxygen atoms in total. The molecule has 0 radical (unpaired) electrons. The monoisotopic (exact) mass is 540 g/mol. The van der Waals surface area contributed by atoms with Crippen LogP contribution in [0.1, 0.15) is 110 Å². The Hall–Kier alpha value is -1.03. The number of phosphoric ester groups is 1. The molecular formula is C25H49O10P. The van der Waals surface area contributed by atoms with Crippen molar-refractivity contribution < 1.29 is 47.8 Å². The molecule has 0 rings (SSSR count). The first-order valence-corrected chi connectivity index (χ1v) is 15.0. The average molecular weight is 541 g/mol. The number of hydrogen-bond acceptors (Lipinski definition) is 9. The number of ether oxygens (including phenoxy) is 2. The highest BCUT2D eigenvalue weighted by Crippen LogP contribution is 2.43. The second kappa shape index (κ2) is 24.3. The van der Waals surface area contributed by atoms with Gasteiger partial charge in [0.2, 0.25) is 0 Å². The SMILES string of the molecule is CCCCCCCCCCCCCCCCCC(=O)OC[C@H](COP(=O)(O)OCC(O)CO)OC=O. The molecule has 36 heavy (non-hydrogen) atoms. The Morgan fingerprint density at radius 1 is 0.806 bits per heavy atom. The largest absolute Gasteiger partial charge is 0.472 e. The van der Waals surface area contributed by atoms with E-state index in [0.29, 0.717) is 6.42 Å². The van der Waals surface area contributed by atoms with Crippen LogP contribution in [0.5, 0.6) is 0 Å². The molecule has 0 aromatic carbocycles. The molecule has 0 spiro atoms. The van der Waals surface area contributed by atoms with Crippen molar-refractivity contribution in [3.8, 4) is 0 Å². The third kappa shape index (κ3) is 23.4. The van der Waals surface area contributed by atoms with Gasteiger partial charge in [0.05, 0.1) is 19.8 Å². The lowest BCUT2D eigenvalue weighted by Gasteiger charge is -2.18. The number of aliphatic hydroxyl groups excluding tert-OH is 2. The number of unbranched alkanes of at least 4 members (excludes halogenated alkanes) is 14.